The zero-order valence-corrected chi connectivity index (χ0v) is 14.9. The maximum Gasteiger partial charge on any atom is 0.231 e. The van der Waals surface area contributed by atoms with Crippen molar-refractivity contribution in [2.75, 3.05) is 13.2 Å². The fourth-order valence-corrected chi connectivity index (χ4v) is 3.51. The van der Waals surface area contributed by atoms with Crippen LogP contribution in [0.15, 0.2) is 42.5 Å². The molecule has 0 unspecified atom stereocenters. The smallest absolute Gasteiger partial charge is 0.231 e. The molecule has 6 heteroatoms. The maximum atomic E-state index is 12.9. The van der Waals surface area contributed by atoms with E-state index in [4.69, 9.17) is 23.2 Å². The van der Waals surface area contributed by atoms with E-state index in [1.54, 1.807) is 30.3 Å². The van der Waals surface area contributed by atoms with Crippen LogP contribution in [-0.2, 0) is 16.6 Å². The normalized spacial score (nSPS) is 21.8. The zero-order valence-electron chi connectivity index (χ0n) is 13.4. The molecule has 2 aromatic carbocycles. The molecule has 0 saturated heterocycles. The van der Waals surface area contributed by atoms with E-state index in [1.807, 2.05) is 0 Å². The first-order chi connectivity index (χ1) is 12.0. The highest BCUT2D eigenvalue weighted by atomic mass is 35.5. The average molecular weight is 382 g/mol. The second kappa shape index (κ2) is 7.32. The number of amides is 1. The van der Waals surface area contributed by atoms with E-state index in [0.29, 0.717) is 29.4 Å². The first-order valence-electron chi connectivity index (χ1n) is 8.06. The van der Waals surface area contributed by atoms with Crippen molar-refractivity contribution < 1.29 is 14.3 Å². The molecule has 1 aliphatic carbocycles. The molecule has 1 fully saturated rings. The van der Waals surface area contributed by atoms with E-state index in [0.717, 1.165) is 11.1 Å². The monoisotopic (exact) mass is 381 g/mol. The fraction of sp³-hybridized carbons (Fsp3) is 0.316. The minimum Gasteiger partial charge on any atom is -0.396 e. The van der Waals surface area contributed by atoms with Crippen LogP contribution < -0.4 is 5.32 Å². The lowest BCUT2D eigenvalue weighted by molar-refractivity contribution is -0.124. The number of hydrogen-bond acceptors (Lipinski definition) is 2. The van der Waals surface area contributed by atoms with Gasteiger partial charge in [-0.25, -0.2) is 4.39 Å². The molecular weight excluding hydrogens is 364 g/mol. The SMILES string of the molecule is O=C(NCCc1ccc(F)cc1)[C@@]1(c2ccc(Cl)c(Cl)c2)C[C@H]1CO. The van der Waals surface area contributed by atoms with Crippen LogP contribution in [0.25, 0.3) is 0 Å². The van der Waals surface area contributed by atoms with Crippen LogP contribution in [0.3, 0.4) is 0 Å². The number of carbonyl (C=O) groups is 1. The Balaban J connectivity index is 1.69. The molecule has 1 aliphatic rings. The molecule has 3 rings (SSSR count). The zero-order chi connectivity index (χ0) is 18.0. The molecule has 0 aliphatic heterocycles. The van der Waals surface area contributed by atoms with Crippen molar-refractivity contribution in [1.82, 2.24) is 5.32 Å². The third kappa shape index (κ3) is 3.66. The largest absolute Gasteiger partial charge is 0.396 e. The lowest BCUT2D eigenvalue weighted by Gasteiger charge is -2.18. The van der Waals surface area contributed by atoms with Crippen LogP contribution in [-0.4, -0.2) is 24.2 Å². The van der Waals surface area contributed by atoms with Crippen molar-refractivity contribution in [3.05, 3.63) is 69.5 Å². The van der Waals surface area contributed by atoms with E-state index in [-0.39, 0.29) is 24.2 Å². The van der Waals surface area contributed by atoms with E-state index in [1.165, 1.54) is 12.1 Å². The number of benzene rings is 2. The number of aliphatic hydroxyl groups excluding tert-OH is 1. The van der Waals surface area contributed by atoms with Crippen LogP contribution in [0, 0.1) is 11.7 Å². The second-order valence-corrected chi connectivity index (χ2v) is 7.13. The van der Waals surface area contributed by atoms with Crippen molar-refractivity contribution in [1.29, 1.82) is 0 Å². The summed E-state index contributed by atoms with van der Waals surface area (Å²) in [5.74, 6) is -0.544. The highest BCUT2D eigenvalue weighted by Gasteiger charge is 2.60. The summed E-state index contributed by atoms with van der Waals surface area (Å²) < 4.78 is 12.9. The molecule has 0 bridgehead atoms. The van der Waals surface area contributed by atoms with Gasteiger partial charge in [0.1, 0.15) is 5.82 Å². The van der Waals surface area contributed by atoms with Gasteiger partial charge in [-0.1, -0.05) is 41.4 Å². The predicted octanol–water partition coefficient (Wildman–Crippen LogP) is 3.74. The molecule has 132 valence electrons. The number of carbonyl (C=O) groups excluding carboxylic acids is 1. The third-order valence-electron chi connectivity index (χ3n) is 4.78. The third-order valence-corrected chi connectivity index (χ3v) is 5.52. The minimum absolute atomic E-state index is 0.0639. The van der Waals surface area contributed by atoms with Gasteiger partial charge in [0, 0.05) is 19.1 Å². The summed E-state index contributed by atoms with van der Waals surface area (Å²) in [6.45, 7) is 0.372. The molecule has 0 radical (unpaired) electrons. The Labute approximate surface area is 155 Å². The lowest BCUT2D eigenvalue weighted by Crippen LogP contribution is -2.37. The van der Waals surface area contributed by atoms with Crippen LogP contribution in [0.1, 0.15) is 17.5 Å². The molecule has 3 nitrogen and oxygen atoms in total. The summed E-state index contributed by atoms with van der Waals surface area (Å²) in [6.07, 6.45) is 1.18. The van der Waals surface area contributed by atoms with Gasteiger partial charge in [-0.05, 0) is 48.2 Å². The topological polar surface area (TPSA) is 49.3 Å². The molecule has 0 heterocycles. The first-order valence-corrected chi connectivity index (χ1v) is 8.82. The summed E-state index contributed by atoms with van der Waals surface area (Å²) in [6, 6.07) is 11.3. The summed E-state index contributed by atoms with van der Waals surface area (Å²) in [4.78, 5) is 12.8. The van der Waals surface area contributed by atoms with Gasteiger partial charge in [-0.2, -0.15) is 0 Å². The Kier molecular flexibility index (Phi) is 5.32. The number of hydrogen-bond donors (Lipinski definition) is 2. The molecule has 0 aromatic heterocycles. The Bertz CT molecular complexity index is 781. The standard InChI is InChI=1S/C19H18Cl2FNO2/c20-16-6-3-13(9-17(16)21)19(10-14(19)11-24)18(25)23-8-7-12-1-4-15(22)5-2-12/h1-6,9,14,24H,7-8,10-11H2,(H,23,25)/t14-,19+/m0/s1. The molecule has 2 aromatic rings. The summed E-state index contributed by atoms with van der Waals surface area (Å²) >= 11 is 12.0. The molecule has 0 spiro atoms. The molecule has 1 amide bonds. The molecule has 1 saturated carbocycles. The van der Waals surface area contributed by atoms with Crippen molar-refractivity contribution in [3.63, 3.8) is 0 Å². The van der Waals surface area contributed by atoms with Crippen molar-refractivity contribution in [2.24, 2.45) is 5.92 Å². The van der Waals surface area contributed by atoms with Crippen molar-refractivity contribution in [2.45, 2.75) is 18.3 Å². The molecule has 2 N–H and O–H groups in total. The van der Waals surface area contributed by atoms with Gasteiger partial charge >= 0.3 is 0 Å². The number of halogens is 3. The Morgan fingerprint density at radius 2 is 1.92 bits per heavy atom. The Hall–Kier alpha value is -1.62. The quantitative estimate of drug-likeness (QED) is 0.800. The van der Waals surface area contributed by atoms with Gasteiger partial charge in [0.2, 0.25) is 5.91 Å². The van der Waals surface area contributed by atoms with E-state index < -0.39 is 5.41 Å². The predicted molar refractivity (Wildman–Crippen MR) is 96.4 cm³/mol. The summed E-state index contributed by atoms with van der Waals surface area (Å²) in [5.41, 5.74) is 0.950. The number of rotatable bonds is 6. The van der Waals surface area contributed by atoms with Crippen molar-refractivity contribution >= 4 is 29.1 Å². The Morgan fingerprint density at radius 3 is 2.52 bits per heavy atom. The van der Waals surface area contributed by atoms with Crippen molar-refractivity contribution in [3.8, 4) is 0 Å². The van der Waals surface area contributed by atoms with Crippen LogP contribution in [0.4, 0.5) is 4.39 Å². The van der Waals surface area contributed by atoms with Gasteiger partial charge in [-0.15, -0.1) is 0 Å². The van der Waals surface area contributed by atoms with E-state index in [9.17, 15) is 14.3 Å². The van der Waals surface area contributed by atoms with Gasteiger partial charge in [0.05, 0.1) is 15.5 Å². The highest BCUT2D eigenvalue weighted by molar-refractivity contribution is 6.42. The van der Waals surface area contributed by atoms with Gasteiger partial charge < -0.3 is 10.4 Å². The molecule has 2 atom stereocenters. The fourth-order valence-electron chi connectivity index (χ4n) is 3.22. The average Bonchev–Trinajstić information content (AvgIpc) is 3.35. The maximum absolute atomic E-state index is 12.9. The lowest BCUT2D eigenvalue weighted by atomic mass is 9.92. The van der Waals surface area contributed by atoms with Crippen LogP contribution in [0.5, 0.6) is 0 Å². The van der Waals surface area contributed by atoms with Gasteiger partial charge in [0.15, 0.2) is 0 Å². The van der Waals surface area contributed by atoms with Crippen LogP contribution in [0.2, 0.25) is 10.0 Å². The highest BCUT2D eigenvalue weighted by Crippen LogP contribution is 2.54. The summed E-state index contributed by atoms with van der Waals surface area (Å²) in [5, 5.41) is 13.3. The number of nitrogens with one attached hydrogen (secondary N) is 1. The minimum atomic E-state index is -0.758. The van der Waals surface area contributed by atoms with Gasteiger partial charge in [0.25, 0.3) is 0 Å². The second-order valence-electron chi connectivity index (χ2n) is 6.32. The number of aliphatic hydroxyl groups is 1. The molecular formula is C19H18Cl2FNO2. The van der Waals surface area contributed by atoms with E-state index in [2.05, 4.69) is 5.32 Å². The van der Waals surface area contributed by atoms with E-state index >= 15 is 0 Å². The first kappa shape index (κ1) is 18.2. The summed E-state index contributed by atoms with van der Waals surface area (Å²) in [7, 11) is 0. The Morgan fingerprint density at radius 1 is 1.20 bits per heavy atom. The van der Waals surface area contributed by atoms with Gasteiger partial charge in [-0.3, -0.25) is 4.79 Å². The van der Waals surface area contributed by atoms with Crippen LogP contribution >= 0.6 is 23.2 Å². The molecule has 25 heavy (non-hydrogen) atoms.